The van der Waals surface area contributed by atoms with Gasteiger partial charge in [0.25, 0.3) is 0 Å². The Kier molecular flexibility index (Phi) is 7.41. The Morgan fingerprint density at radius 3 is 2.92 bits per heavy atom. The van der Waals surface area contributed by atoms with Crippen LogP contribution in [0.3, 0.4) is 0 Å². The number of rotatable bonds is 6. The molecule has 0 aliphatic carbocycles. The molecule has 0 aliphatic heterocycles. The van der Waals surface area contributed by atoms with Crippen molar-refractivity contribution in [3.05, 3.63) is 18.4 Å². The molecule has 0 aromatic heterocycles. The van der Waals surface area contributed by atoms with Gasteiger partial charge in [-0.05, 0) is 12.5 Å². The minimum Gasteiger partial charge on any atom is -0.461 e. The normalized spacial score (nSPS) is 8.75. The third kappa shape index (κ3) is 7.10. The molecule has 0 aliphatic rings. The highest BCUT2D eigenvalue weighted by molar-refractivity contribution is 5.69. The molecule has 0 bridgehead atoms. The quantitative estimate of drug-likeness (QED) is 0.346. The van der Waals surface area contributed by atoms with Gasteiger partial charge in [-0.15, -0.1) is 5.73 Å². The van der Waals surface area contributed by atoms with E-state index in [2.05, 4.69) is 19.2 Å². The van der Waals surface area contributed by atoms with Crippen molar-refractivity contribution >= 4 is 5.97 Å². The first kappa shape index (κ1) is 11.0. The van der Waals surface area contributed by atoms with Crippen LogP contribution in [0.15, 0.2) is 18.4 Å². The van der Waals surface area contributed by atoms with Crippen molar-refractivity contribution in [1.29, 1.82) is 0 Å². The summed E-state index contributed by atoms with van der Waals surface area (Å²) in [6.45, 7) is 5.76. The molecule has 0 amide bonds. The second-order valence-electron chi connectivity index (χ2n) is 2.55. The van der Waals surface area contributed by atoms with Gasteiger partial charge in [0.05, 0.1) is 0 Å². The summed E-state index contributed by atoms with van der Waals surface area (Å²) in [6.07, 6.45) is 5.26. The predicted molar refractivity (Wildman–Crippen MR) is 48.8 cm³/mol. The summed E-state index contributed by atoms with van der Waals surface area (Å²) in [5.41, 5.74) is 2.54. The van der Waals surface area contributed by atoms with Gasteiger partial charge in [-0.25, -0.2) is 0 Å². The minimum absolute atomic E-state index is 0.130. The number of ether oxygens (including phenoxy) is 1. The predicted octanol–water partition coefficient (Wildman–Crippen LogP) is 2.45. The van der Waals surface area contributed by atoms with Crippen molar-refractivity contribution in [2.24, 2.45) is 0 Å². The van der Waals surface area contributed by atoms with Crippen LogP contribution >= 0.6 is 0 Å². The zero-order valence-corrected chi connectivity index (χ0v) is 7.64. The standard InChI is InChI=1S/C10H16O2/c1-3-5-7-8-10(11)12-9-6-4-2/h6H,2-3,5,7-9H2,1H3. The van der Waals surface area contributed by atoms with Crippen LogP contribution in [0.2, 0.25) is 0 Å². The molecule has 68 valence electrons. The maximum absolute atomic E-state index is 10.9. The largest absolute Gasteiger partial charge is 0.461 e. The summed E-state index contributed by atoms with van der Waals surface area (Å²) in [7, 11) is 0. The molecule has 2 nitrogen and oxygen atoms in total. The first-order valence-electron chi connectivity index (χ1n) is 4.31. The Hall–Kier alpha value is -1.01. The summed E-state index contributed by atoms with van der Waals surface area (Å²) in [5, 5.41) is 0. The molecule has 0 fully saturated rings. The maximum atomic E-state index is 10.9. The van der Waals surface area contributed by atoms with E-state index in [4.69, 9.17) is 4.74 Å². The zero-order valence-electron chi connectivity index (χ0n) is 7.64. The van der Waals surface area contributed by atoms with Crippen LogP contribution in [0, 0.1) is 0 Å². The topological polar surface area (TPSA) is 26.3 Å². The van der Waals surface area contributed by atoms with Crippen molar-refractivity contribution in [3.8, 4) is 0 Å². The van der Waals surface area contributed by atoms with E-state index in [0.29, 0.717) is 13.0 Å². The van der Waals surface area contributed by atoms with E-state index in [1.165, 1.54) is 0 Å². The molecule has 0 N–H and O–H groups in total. The smallest absolute Gasteiger partial charge is 0.306 e. The van der Waals surface area contributed by atoms with Gasteiger partial charge in [0.1, 0.15) is 6.61 Å². The van der Waals surface area contributed by atoms with Crippen LogP contribution in [0.1, 0.15) is 32.6 Å². The summed E-state index contributed by atoms with van der Waals surface area (Å²) >= 11 is 0. The van der Waals surface area contributed by atoms with Crippen molar-refractivity contribution in [2.45, 2.75) is 32.6 Å². The Labute approximate surface area is 73.9 Å². The minimum atomic E-state index is -0.130. The summed E-state index contributed by atoms with van der Waals surface area (Å²) in [5.74, 6) is -0.130. The third-order valence-corrected chi connectivity index (χ3v) is 1.46. The van der Waals surface area contributed by atoms with Crippen molar-refractivity contribution in [3.63, 3.8) is 0 Å². The molecule has 0 aromatic carbocycles. The van der Waals surface area contributed by atoms with E-state index in [1.54, 1.807) is 6.08 Å². The molecule has 0 heterocycles. The fourth-order valence-corrected chi connectivity index (χ4v) is 0.785. The van der Waals surface area contributed by atoms with Gasteiger partial charge >= 0.3 is 5.97 Å². The maximum Gasteiger partial charge on any atom is 0.306 e. The molecular formula is C10H16O2. The molecule has 0 unspecified atom stereocenters. The average Bonchev–Trinajstić information content (AvgIpc) is 2.06. The first-order chi connectivity index (χ1) is 5.81. The first-order valence-corrected chi connectivity index (χ1v) is 4.31. The van der Waals surface area contributed by atoms with Gasteiger partial charge in [-0.3, -0.25) is 4.79 Å². The number of hydrogen-bond donors (Lipinski definition) is 0. The molecule has 0 radical (unpaired) electrons. The lowest BCUT2D eigenvalue weighted by Crippen LogP contribution is -2.03. The van der Waals surface area contributed by atoms with Crippen molar-refractivity contribution < 1.29 is 9.53 Å². The number of carbonyl (C=O) groups excluding carboxylic acids is 1. The van der Waals surface area contributed by atoms with Crippen molar-refractivity contribution in [1.82, 2.24) is 0 Å². The van der Waals surface area contributed by atoms with Crippen LogP contribution < -0.4 is 0 Å². The van der Waals surface area contributed by atoms with E-state index >= 15 is 0 Å². The van der Waals surface area contributed by atoms with Crippen molar-refractivity contribution in [2.75, 3.05) is 6.61 Å². The monoisotopic (exact) mass is 168 g/mol. The fourth-order valence-electron chi connectivity index (χ4n) is 0.785. The Morgan fingerprint density at radius 1 is 1.58 bits per heavy atom. The van der Waals surface area contributed by atoms with E-state index in [0.717, 1.165) is 19.3 Å². The molecule has 0 spiro atoms. The highest BCUT2D eigenvalue weighted by Crippen LogP contribution is 2.00. The van der Waals surface area contributed by atoms with Gasteiger partial charge < -0.3 is 4.74 Å². The van der Waals surface area contributed by atoms with Gasteiger partial charge in [0, 0.05) is 6.42 Å². The van der Waals surface area contributed by atoms with Crippen LogP contribution in [0.5, 0.6) is 0 Å². The van der Waals surface area contributed by atoms with E-state index in [9.17, 15) is 4.79 Å². The lowest BCUT2D eigenvalue weighted by Gasteiger charge is -1.99. The molecule has 0 rings (SSSR count). The molecule has 0 saturated heterocycles. The van der Waals surface area contributed by atoms with Gasteiger partial charge in [0.15, 0.2) is 0 Å². The summed E-state index contributed by atoms with van der Waals surface area (Å²) in [6, 6.07) is 0. The van der Waals surface area contributed by atoms with Crippen LogP contribution in [0.4, 0.5) is 0 Å². The number of carbonyl (C=O) groups is 1. The molecule has 0 atom stereocenters. The number of hydrogen-bond acceptors (Lipinski definition) is 2. The van der Waals surface area contributed by atoms with Gasteiger partial charge in [-0.2, -0.15) is 0 Å². The van der Waals surface area contributed by atoms with E-state index in [1.807, 2.05) is 0 Å². The van der Waals surface area contributed by atoms with Crippen LogP contribution in [0.25, 0.3) is 0 Å². The molecular weight excluding hydrogens is 152 g/mol. The second kappa shape index (κ2) is 8.09. The van der Waals surface area contributed by atoms with Gasteiger partial charge in [0.2, 0.25) is 0 Å². The molecule has 12 heavy (non-hydrogen) atoms. The van der Waals surface area contributed by atoms with Gasteiger partial charge in [-0.1, -0.05) is 26.3 Å². The second-order valence-corrected chi connectivity index (χ2v) is 2.55. The number of unbranched alkanes of at least 4 members (excludes halogenated alkanes) is 2. The zero-order chi connectivity index (χ0) is 9.23. The Bertz CT molecular complexity index is 167. The SMILES string of the molecule is C=C=CCOC(=O)CCCCC. The lowest BCUT2D eigenvalue weighted by molar-refractivity contribution is -0.142. The summed E-state index contributed by atoms with van der Waals surface area (Å²) in [4.78, 5) is 10.9. The van der Waals surface area contributed by atoms with E-state index < -0.39 is 0 Å². The van der Waals surface area contributed by atoms with E-state index in [-0.39, 0.29) is 5.97 Å². The fraction of sp³-hybridized carbons (Fsp3) is 0.600. The molecule has 0 saturated carbocycles. The average molecular weight is 168 g/mol. The molecule has 0 aromatic rings. The number of esters is 1. The van der Waals surface area contributed by atoms with Crippen LogP contribution in [-0.2, 0) is 9.53 Å². The lowest BCUT2D eigenvalue weighted by atomic mass is 10.2. The highest BCUT2D eigenvalue weighted by atomic mass is 16.5. The highest BCUT2D eigenvalue weighted by Gasteiger charge is 1.99. The van der Waals surface area contributed by atoms with Crippen LogP contribution in [-0.4, -0.2) is 12.6 Å². The Balaban J connectivity index is 3.27. The summed E-state index contributed by atoms with van der Waals surface area (Å²) < 4.78 is 4.83. The Morgan fingerprint density at radius 2 is 2.33 bits per heavy atom. The third-order valence-electron chi connectivity index (χ3n) is 1.46. The molecule has 2 heteroatoms.